The van der Waals surface area contributed by atoms with Crippen LogP contribution in [0.3, 0.4) is 0 Å². The van der Waals surface area contributed by atoms with Gasteiger partial charge >= 0.3 is 0 Å². The van der Waals surface area contributed by atoms with Crippen molar-refractivity contribution in [1.29, 1.82) is 0 Å². The van der Waals surface area contributed by atoms with E-state index in [4.69, 9.17) is 9.47 Å². The first kappa shape index (κ1) is 21.0. The third-order valence-electron chi connectivity index (χ3n) is 4.31. The molecule has 1 amide bonds. The summed E-state index contributed by atoms with van der Waals surface area (Å²) < 4.78 is 24.0. The molecule has 27 heavy (non-hydrogen) atoms. The van der Waals surface area contributed by atoms with E-state index in [1.54, 1.807) is 26.2 Å². The van der Waals surface area contributed by atoms with Gasteiger partial charge in [-0.25, -0.2) is 9.38 Å². The molecule has 1 fully saturated rings. The average Bonchev–Trinajstić information content (AvgIpc) is 3.16. The Labute approximate surface area is 160 Å². The normalized spacial score (nSPS) is 16.9. The standard InChI is InChI=1S/C19H29FN4O3/c1-23(2)18(25)13-22-19(21-12-15-8-10-26-14-15)24(3)9-11-27-17-6-4-16(20)5-7-17/h4-7,15H,8-14H2,1-3H3,(H,21,22). The summed E-state index contributed by atoms with van der Waals surface area (Å²) in [6, 6.07) is 5.92. The first-order valence-electron chi connectivity index (χ1n) is 9.11. The fraction of sp³-hybridized carbons (Fsp3) is 0.579. The van der Waals surface area contributed by atoms with E-state index in [0.717, 1.165) is 26.2 Å². The minimum Gasteiger partial charge on any atom is -0.492 e. The van der Waals surface area contributed by atoms with Crippen LogP contribution < -0.4 is 10.1 Å². The molecule has 1 N–H and O–H groups in total. The van der Waals surface area contributed by atoms with Crippen molar-refractivity contribution in [2.45, 2.75) is 6.42 Å². The highest BCUT2D eigenvalue weighted by atomic mass is 19.1. The number of hydrogen-bond acceptors (Lipinski definition) is 4. The number of guanidine groups is 1. The van der Waals surface area contributed by atoms with E-state index in [1.165, 1.54) is 17.0 Å². The number of amides is 1. The third kappa shape index (κ3) is 7.42. The van der Waals surface area contributed by atoms with Gasteiger partial charge in [0.05, 0.1) is 13.2 Å². The number of carbonyl (C=O) groups excluding carboxylic acids is 1. The SMILES string of the molecule is CN(C)C(=O)CN=C(NCC1CCOC1)N(C)CCOc1ccc(F)cc1. The molecule has 1 aromatic carbocycles. The fourth-order valence-corrected chi connectivity index (χ4v) is 2.51. The number of ether oxygens (including phenoxy) is 2. The smallest absolute Gasteiger partial charge is 0.243 e. The van der Waals surface area contributed by atoms with Gasteiger partial charge in [0.25, 0.3) is 0 Å². The number of nitrogens with one attached hydrogen (secondary N) is 1. The van der Waals surface area contributed by atoms with Gasteiger partial charge in [0, 0.05) is 40.2 Å². The maximum Gasteiger partial charge on any atom is 0.243 e. The Morgan fingerprint density at radius 3 is 2.70 bits per heavy atom. The van der Waals surface area contributed by atoms with Gasteiger partial charge in [-0.1, -0.05) is 0 Å². The van der Waals surface area contributed by atoms with Crippen LogP contribution in [0.15, 0.2) is 29.3 Å². The Hall–Kier alpha value is -2.35. The summed E-state index contributed by atoms with van der Waals surface area (Å²) in [6.07, 6.45) is 1.02. The van der Waals surface area contributed by atoms with Crippen molar-refractivity contribution in [2.24, 2.45) is 10.9 Å². The molecule has 7 nitrogen and oxygen atoms in total. The summed E-state index contributed by atoms with van der Waals surface area (Å²) in [4.78, 5) is 19.7. The van der Waals surface area contributed by atoms with Gasteiger partial charge in [-0.15, -0.1) is 0 Å². The van der Waals surface area contributed by atoms with E-state index in [2.05, 4.69) is 10.3 Å². The van der Waals surface area contributed by atoms with Crippen molar-refractivity contribution in [1.82, 2.24) is 15.1 Å². The van der Waals surface area contributed by atoms with E-state index in [1.807, 2.05) is 11.9 Å². The maximum atomic E-state index is 12.9. The predicted molar refractivity (Wildman–Crippen MR) is 102 cm³/mol. The average molecular weight is 380 g/mol. The van der Waals surface area contributed by atoms with Crippen molar-refractivity contribution in [3.63, 3.8) is 0 Å². The molecule has 1 aromatic rings. The molecule has 0 aromatic heterocycles. The van der Waals surface area contributed by atoms with Gasteiger partial charge in [-0.05, 0) is 30.7 Å². The predicted octanol–water partition coefficient (Wildman–Crippen LogP) is 1.21. The molecule has 8 heteroatoms. The van der Waals surface area contributed by atoms with Crippen LogP contribution in [0, 0.1) is 11.7 Å². The quantitative estimate of drug-likeness (QED) is 0.542. The number of benzene rings is 1. The van der Waals surface area contributed by atoms with Gasteiger partial charge < -0.3 is 24.6 Å². The number of likely N-dealkylation sites (N-methyl/N-ethyl adjacent to an activating group) is 2. The van der Waals surface area contributed by atoms with Crippen LogP contribution in [-0.2, 0) is 9.53 Å². The molecule has 0 spiro atoms. The molecule has 1 atom stereocenters. The number of carbonyl (C=O) groups is 1. The number of rotatable bonds is 8. The summed E-state index contributed by atoms with van der Waals surface area (Å²) >= 11 is 0. The Bertz CT molecular complexity index is 616. The van der Waals surface area contributed by atoms with E-state index in [9.17, 15) is 9.18 Å². The zero-order valence-electron chi connectivity index (χ0n) is 16.3. The van der Waals surface area contributed by atoms with E-state index < -0.39 is 0 Å². The molecule has 0 aliphatic carbocycles. The molecule has 0 saturated carbocycles. The van der Waals surface area contributed by atoms with Crippen LogP contribution in [0.4, 0.5) is 4.39 Å². The van der Waals surface area contributed by atoms with Crippen LogP contribution in [-0.4, -0.2) is 82.3 Å². The Morgan fingerprint density at radius 2 is 2.07 bits per heavy atom. The highest BCUT2D eigenvalue weighted by Gasteiger charge is 2.17. The highest BCUT2D eigenvalue weighted by molar-refractivity contribution is 5.84. The molecule has 1 heterocycles. The lowest BCUT2D eigenvalue weighted by Gasteiger charge is -2.24. The zero-order valence-corrected chi connectivity index (χ0v) is 16.3. The minimum absolute atomic E-state index is 0.0607. The van der Waals surface area contributed by atoms with Gasteiger partial charge in [0.1, 0.15) is 24.7 Å². The summed E-state index contributed by atoms with van der Waals surface area (Å²) in [5, 5.41) is 3.33. The molecule has 0 radical (unpaired) electrons. The Balaban J connectivity index is 1.87. The van der Waals surface area contributed by atoms with Gasteiger partial charge in [-0.2, -0.15) is 0 Å². The van der Waals surface area contributed by atoms with Gasteiger partial charge in [0.15, 0.2) is 5.96 Å². The molecule has 1 aliphatic rings. The number of halogens is 1. The van der Waals surface area contributed by atoms with Crippen LogP contribution >= 0.6 is 0 Å². The van der Waals surface area contributed by atoms with Crippen molar-refractivity contribution in [2.75, 3.05) is 60.6 Å². The van der Waals surface area contributed by atoms with Crippen LogP contribution in [0.1, 0.15) is 6.42 Å². The lowest BCUT2D eigenvalue weighted by atomic mass is 10.1. The van der Waals surface area contributed by atoms with Crippen molar-refractivity contribution in [3.05, 3.63) is 30.1 Å². The van der Waals surface area contributed by atoms with E-state index in [0.29, 0.717) is 30.8 Å². The molecular formula is C19H29FN4O3. The summed E-state index contributed by atoms with van der Waals surface area (Å²) in [5.41, 5.74) is 0. The fourth-order valence-electron chi connectivity index (χ4n) is 2.51. The lowest BCUT2D eigenvalue weighted by Crippen LogP contribution is -2.43. The van der Waals surface area contributed by atoms with Crippen LogP contribution in [0.2, 0.25) is 0 Å². The largest absolute Gasteiger partial charge is 0.492 e. The summed E-state index contributed by atoms with van der Waals surface area (Å²) in [6.45, 7) is 3.35. The number of aliphatic imine (C=N–C) groups is 1. The minimum atomic E-state index is -0.292. The van der Waals surface area contributed by atoms with Crippen LogP contribution in [0.5, 0.6) is 5.75 Å². The molecule has 1 unspecified atom stereocenters. The molecule has 0 bridgehead atoms. The van der Waals surface area contributed by atoms with Gasteiger partial charge in [-0.3, -0.25) is 4.79 Å². The van der Waals surface area contributed by atoms with Crippen LogP contribution in [0.25, 0.3) is 0 Å². The first-order valence-corrected chi connectivity index (χ1v) is 9.11. The van der Waals surface area contributed by atoms with Crippen molar-refractivity contribution in [3.8, 4) is 5.75 Å². The lowest BCUT2D eigenvalue weighted by molar-refractivity contribution is -0.127. The molecular weight excluding hydrogens is 351 g/mol. The topological polar surface area (TPSA) is 66.4 Å². The number of nitrogens with zero attached hydrogens (tertiary/aromatic N) is 3. The summed E-state index contributed by atoms with van der Waals surface area (Å²) in [5.74, 6) is 1.36. The first-order chi connectivity index (χ1) is 13.0. The monoisotopic (exact) mass is 380 g/mol. The highest BCUT2D eigenvalue weighted by Crippen LogP contribution is 2.12. The zero-order chi connectivity index (χ0) is 19.6. The molecule has 1 aliphatic heterocycles. The molecule has 1 saturated heterocycles. The van der Waals surface area contributed by atoms with E-state index >= 15 is 0 Å². The number of hydrogen-bond donors (Lipinski definition) is 1. The second-order valence-electron chi connectivity index (χ2n) is 6.76. The molecule has 2 rings (SSSR count). The van der Waals surface area contributed by atoms with Gasteiger partial charge in [0.2, 0.25) is 5.91 Å². The molecule has 150 valence electrons. The summed E-state index contributed by atoms with van der Waals surface area (Å²) in [7, 11) is 5.31. The second kappa shape index (κ2) is 10.7. The van der Waals surface area contributed by atoms with Crippen molar-refractivity contribution < 1.29 is 18.7 Å². The van der Waals surface area contributed by atoms with E-state index in [-0.39, 0.29) is 18.3 Å². The second-order valence-corrected chi connectivity index (χ2v) is 6.76. The maximum absolute atomic E-state index is 12.9. The van der Waals surface area contributed by atoms with Crippen molar-refractivity contribution >= 4 is 11.9 Å². The third-order valence-corrected chi connectivity index (χ3v) is 4.31. The Morgan fingerprint density at radius 1 is 1.33 bits per heavy atom. The Kier molecular flexibility index (Phi) is 8.32.